The number of Topliss-reactive ketones (excluding diaryl/α,β-unsaturated/α-hetero) is 1. The molecule has 8 nitrogen and oxygen atoms in total. The summed E-state index contributed by atoms with van der Waals surface area (Å²) in [4.78, 5) is 56.6. The topological polar surface area (TPSA) is 101 Å². The Hall–Kier alpha value is -3.81. The van der Waals surface area contributed by atoms with Crippen molar-refractivity contribution >= 4 is 40.1 Å². The molecule has 34 heavy (non-hydrogen) atoms. The Balaban J connectivity index is 1.69. The van der Waals surface area contributed by atoms with E-state index in [9.17, 15) is 19.2 Å². The smallest absolute Gasteiger partial charge is 0.294 e. The number of fused-ring (bicyclic) bond motifs is 1. The van der Waals surface area contributed by atoms with Gasteiger partial charge in [0.05, 0.1) is 11.0 Å². The fourth-order valence-corrected chi connectivity index (χ4v) is 4.54. The van der Waals surface area contributed by atoms with E-state index in [-0.39, 0.29) is 30.1 Å². The quantitative estimate of drug-likeness (QED) is 0.562. The lowest BCUT2D eigenvalue weighted by Gasteiger charge is -2.32. The normalized spacial score (nSPS) is 14.1. The van der Waals surface area contributed by atoms with Crippen LogP contribution in [0, 0.1) is 0 Å². The molecule has 0 aliphatic heterocycles. The van der Waals surface area contributed by atoms with Crippen LogP contribution in [-0.2, 0) is 16.1 Å². The summed E-state index contributed by atoms with van der Waals surface area (Å²) < 4.78 is 1.37. The summed E-state index contributed by atoms with van der Waals surface area (Å²) in [7, 11) is 0. The van der Waals surface area contributed by atoms with E-state index in [1.54, 1.807) is 42.5 Å². The lowest BCUT2D eigenvalue weighted by molar-refractivity contribution is -0.117. The summed E-state index contributed by atoms with van der Waals surface area (Å²) in [5, 5.41) is 2.77. The van der Waals surface area contributed by atoms with Crippen LogP contribution in [0.2, 0.25) is 0 Å². The molecule has 0 atom stereocenters. The highest BCUT2D eigenvalue weighted by Gasteiger charge is 2.29. The average Bonchev–Trinajstić information content (AvgIpc) is 2.82. The van der Waals surface area contributed by atoms with Crippen molar-refractivity contribution in [3.05, 3.63) is 64.4 Å². The fraction of sp³-hybridized carbons (Fsp3) is 0.346. The lowest BCUT2D eigenvalue weighted by atomic mass is 9.94. The number of nitrogens with zero attached hydrogens (tertiary/aromatic N) is 3. The number of carbonyl (C=O) groups is 3. The van der Waals surface area contributed by atoms with E-state index in [0.29, 0.717) is 22.3 Å². The largest absolute Gasteiger partial charge is 0.325 e. The minimum absolute atomic E-state index is 0.0618. The molecule has 0 bridgehead atoms. The molecule has 1 fully saturated rings. The molecule has 0 spiro atoms. The summed E-state index contributed by atoms with van der Waals surface area (Å²) in [6.45, 7) is 2.69. The van der Waals surface area contributed by atoms with Crippen LogP contribution in [0.4, 0.5) is 11.5 Å². The van der Waals surface area contributed by atoms with E-state index in [2.05, 4.69) is 10.3 Å². The number of rotatable bonds is 6. The number of amides is 2. The van der Waals surface area contributed by atoms with Gasteiger partial charge in [0.25, 0.3) is 5.56 Å². The van der Waals surface area contributed by atoms with Crippen LogP contribution in [0.1, 0.15) is 56.3 Å². The van der Waals surface area contributed by atoms with Crippen LogP contribution in [0.25, 0.3) is 11.0 Å². The molecule has 0 saturated heterocycles. The number of ketones is 1. The zero-order valence-corrected chi connectivity index (χ0v) is 19.4. The molecule has 176 valence electrons. The van der Waals surface area contributed by atoms with Gasteiger partial charge in [0, 0.05) is 24.2 Å². The number of carbonyl (C=O) groups excluding carboxylic acids is 3. The Bertz CT molecular complexity index is 1290. The van der Waals surface area contributed by atoms with Crippen molar-refractivity contribution in [1.82, 2.24) is 9.55 Å². The second kappa shape index (κ2) is 9.99. The second-order valence-corrected chi connectivity index (χ2v) is 8.68. The van der Waals surface area contributed by atoms with E-state index in [1.165, 1.54) is 23.3 Å². The van der Waals surface area contributed by atoms with E-state index in [1.807, 2.05) is 6.07 Å². The third-order valence-corrected chi connectivity index (χ3v) is 6.22. The first-order valence-electron chi connectivity index (χ1n) is 11.6. The van der Waals surface area contributed by atoms with Crippen LogP contribution in [0.15, 0.2) is 53.3 Å². The molecule has 1 N–H and O–H groups in total. The summed E-state index contributed by atoms with van der Waals surface area (Å²) in [5.74, 6) is -0.620. The van der Waals surface area contributed by atoms with Crippen molar-refractivity contribution in [3.63, 3.8) is 0 Å². The Kier molecular flexibility index (Phi) is 6.86. The van der Waals surface area contributed by atoms with E-state index < -0.39 is 11.5 Å². The molecule has 4 rings (SSSR count). The minimum atomic E-state index is -0.471. The maximum atomic E-state index is 13.6. The number of aromatic nitrogens is 2. The third kappa shape index (κ3) is 4.90. The first-order valence-corrected chi connectivity index (χ1v) is 11.6. The van der Waals surface area contributed by atoms with Gasteiger partial charge in [0.2, 0.25) is 17.6 Å². The molecule has 0 radical (unpaired) electrons. The Morgan fingerprint density at radius 3 is 2.32 bits per heavy atom. The minimum Gasteiger partial charge on any atom is -0.325 e. The maximum Gasteiger partial charge on any atom is 0.294 e. The first kappa shape index (κ1) is 23.4. The van der Waals surface area contributed by atoms with Gasteiger partial charge < -0.3 is 5.32 Å². The van der Waals surface area contributed by atoms with Gasteiger partial charge >= 0.3 is 0 Å². The van der Waals surface area contributed by atoms with Gasteiger partial charge in [-0.2, -0.15) is 0 Å². The molecule has 1 saturated carbocycles. The molecule has 2 amide bonds. The van der Waals surface area contributed by atoms with Crippen LogP contribution < -0.4 is 15.8 Å². The van der Waals surface area contributed by atoms with Crippen LogP contribution >= 0.6 is 0 Å². The van der Waals surface area contributed by atoms with Crippen LogP contribution in [0.5, 0.6) is 0 Å². The average molecular weight is 461 g/mol. The predicted molar refractivity (Wildman–Crippen MR) is 131 cm³/mol. The molecule has 0 unspecified atom stereocenters. The fourth-order valence-electron chi connectivity index (χ4n) is 4.54. The molecule has 1 aliphatic rings. The van der Waals surface area contributed by atoms with E-state index in [0.717, 1.165) is 32.1 Å². The van der Waals surface area contributed by atoms with Gasteiger partial charge in [-0.1, -0.05) is 31.4 Å². The molecule has 8 heteroatoms. The van der Waals surface area contributed by atoms with E-state index in [4.69, 9.17) is 0 Å². The lowest BCUT2D eigenvalue weighted by Crippen LogP contribution is -2.45. The van der Waals surface area contributed by atoms with Crippen molar-refractivity contribution < 1.29 is 14.4 Å². The zero-order valence-electron chi connectivity index (χ0n) is 19.4. The number of hydrogen-bond acceptors (Lipinski definition) is 5. The van der Waals surface area contributed by atoms with Crippen molar-refractivity contribution in [3.8, 4) is 0 Å². The number of para-hydroxylation sites is 2. The van der Waals surface area contributed by atoms with Crippen LogP contribution in [-0.4, -0.2) is 33.2 Å². The van der Waals surface area contributed by atoms with Gasteiger partial charge in [0.15, 0.2) is 5.78 Å². The van der Waals surface area contributed by atoms with Crippen molar-refractivity contribution in [2.24, 2.45) is 0 Å². The van der Waals surface area contributed by atoms with Gasteiger partial charge in [0.1, 0.15) is 6.54 Å². The number of benzene rings is 2. The predicted octanol–water partition coefficient (Wildman–Crippen LogP) is 3.92. The second-order valence-electron chi connectivity index (χ2n) is 8.68. The molecule has 3 aromatic rings. The van der Waals surface area contributed by atoms with Crippen molar-refractivity contribution in [1.29, 1.82) is 0 Å². The maximum absolute atomic E-state index is 13.6. The standard InChI is InChI=1S/C26H28N4O4/c1-17(31)19-12-14-20(15-13-19)27-24(33)16-29-23-11-7-6-10-22(23)28-25(26(29)34)30(18(2)32)21-8-4-3-5-9-21/h6-7,10-15,21H,3-5,8-9,16H2,1-2H3,(H,27,33). The molecule has 1 aromatic heterocycles. The van der Waals surface area contributed by atoms with Gasteiger partial charge in [-0.05, 0) is 56.2 Å². The molecular weight excluding hydrogens is 432 g/mol. The summed E-state index contributed by atoms with van der Waals surface area (Å²) in [5.41, 5.74) is 1.66. The highest BCUT2D eigenvalue weighted by molar-refractivity contribution is 5.96. The first-order chi connectivity index (χ1) is 16.3. The molecule has 2 aromatic carbocycles. The third-order valence-electron chi connectivity index (χ3n) is 6.22. The molecular formula is C26H28N4O4. The number of anilines is 2. The Labute approximate surface area is 197 Å². The zero-order chi connectivity index (χ0) is 24.2. The Morgan fingerprint density at radius 2 is 1.68 bits per heavy atom. The highest BCUT2D eigenvalue weighted by Crippen LogP contribution is 2.26. The number of hydrogen-bond donors (Lipinski definition) is 1. The summed E-state index contributed by atoms with van der Waals surface area (Å²) >= 11 is 0. The van der Waals surface area contributed by atoms with Crippen molar-refractivity contribution in [2.75, 3.05) is 10.2 Å². The summed E-state index contributed by atoms with van der Waals surface area (Å²) in [6.07, 6.45) is 4.77. The SMILES string of the molecule is CC(=O)c1ccc(NC(=O)Cn2c(=O)c(N(C(C)=O)C3CCCCC3)nc3ccccc32)cc1. The Morgan fingerprint density at radius 1 is 1.00 bits per heavy atom. The highest BCUT2D eigenvalue weighted by atomic mass is 16.2. The van der Waals surface area contributed by atoms with Gasteiger partial charge in [-0.3, -0.25) is 28.6 Å². The monoisotopic (exact) mass is 460 g/mol. The number of nitrogens with one attached hydrogen (secondary N) is 1. The van der Waals surface area contributed by atoms with Crippen molar-refractivity contribution in [2.45, 2.75) is 58.5 Å². The van der Waals surface area contributed by atoms with Crippen LogP contribution in [0.3, 0.4) is 0 Å². The van der Waals surface area contributed by atoms with Gasteiger partial charge in [-0.15, -0.1) is 0 Å². The molecule has 1 heterocycles. The van der Waals surface area contributed by atoms with Gasteiger partial charge in [-0.25, -0.2) is 4.98 Å². The van der Waals surface area contributed by atoms with E-state index >= 15 is 0 Å². The summed E-state index contributed by atoms with van der Waals surface area (Å²) in [6, 6.07) is 13.6. The molecule has 1 aliphatic carbocycles.